The van der Waals surface area contributed by atoms with Gasteiger partial charge in [-0.2, -0.15) is 0 Å². The smallest absolute Gasteiger partial charge is 0.342 e. The number of rotatable bonds is 3. The number of hydrogen-bond acceptors (Lipinski definition) is 5. The summed E-state index contributed by atoms with van der Waals surface area (Å²) in [4.78, 5) is 26.0. The predicted molar refractivity (Wildman–Crippen MR) is 79.0 cm³/mol. The zero-order chi connectivity index (χ0) is 15.7. The molecular weight excluding hydrogens is 274 g/mol. The topological polar surface area (TPSA) is 86.9 Å². The SMILES string of the molecule is CC1CN(c2cccc(C(=O)O)c2[N+](=O)[O-])CC(C)N1C. The van der Waals surface area contributed by atoms with E-state index in [1.807, 2.05) is 11.9 Å². The Morgan fingerprint density at radius 2 is 1.90 bits per heavy atom. The number of benzene rings is 1. The van der Waals surface area contributed by atoms with Gasteiger partial charge in [0.05, 0.1) is 4.92 Å². The third-order valence-electron chi connectivity index (χ3n) is 4.13. The zero-order valence-electron chi connectivity index (χ0n) is 12.3. The summed E-state index contributed by atoms with van der Waals surface area (Å²) < 4.78 is 0. The number of hydrogen-bond donors (Lipinski definition) is 1. The zero-order valence-corrected chi connectivity index (χ0v) is 12.3. The lowest BCUT2D eigenvalue weighted by atomic mass is 10.1. The summed E-state index contributed by atoms with van der Waals surface area (Å²) in [7, 11) is 2.02. The van der Waals surface area contributed by atoms with E-state index in [1.165, 1.54) is 6.07 Å². The van der Waals surface area contributed by atoms with Crippen molar-refractivity contribution in [3.05, 3.63) is 33.9 Å². The first-order chi connectivity index (χ1) is 9.82. The molecule has 0 radical (unpaired) electrons. The van der Waals surface area contributed by atoms with E-state index in [4.69, 9.17) is 5.11 Å². The molecule has 2 unspecified atom stereocenters. The van der Waals surface area contributed by atoms with Crippen LogP contribution in [0.2, 0.25) is 0 Å². The molecule has 1 aromatic rings. The average molecular weight is 293 g/mol. The number of para-hydroxylation sites is 1. The van der Waals surface area contributed by atoms with Crippen LogP contribution in [0.5, 0.6) is 0 Å². The Labute approximate surface area is 122 Å². The highest BCUT2D eigenvalue weighted by atomic mass is 16.6. The van der Waals surface area contributed by atoms with Gasteiger partial charge in [-0.3, -0.25) is 15.0 Å². The molecule has 0 spiro atoms. The molecule has 1 fully saturated rings. The van der Waals surface area contributed by atoms with Crippen molar-refractivity contribution in [2.24, 2.45) is 0 Å². The molecule has 114 valence electrons. The Kier molecular flexibility index (Phi) is 4.13. The van der Waals surface area contributed by atoms with Crippen LogP contribution < -0.4 is 4.90 Å². The normalized spacial score (nSPS) is 23.1. The molecule has 7 nitrogen and oxygen atoms in total. The van der Waals surface area contributed by atoms with Crippen LogP contribution in [0.3, 0.4) is 0 Å². The molecule has 0 saturated carbocycles. The first-order valence-electron chi connectivity index (χ1n) is 6.80. The molecule has 2 rings (SSSR count). The van der Waals surface area contributed by atoms with Crippen molar-refractivity contribution in [3.8, 4) is 0 Å². The quantitative estimate of drug-likeness (QED) is 0.675. The van der Waals surface area contributed by atoms with Crippen molar-refractivity contribution in [2.75, 3.05) is 25.0 Å². The van der Waals surface area contributed by atoms with Gasteiger partial charge in [0.15, 0.2) is 0 Å². The maximum atomic E-state index is 11.3. The maximum Gasteiger partial charge on any atom is 0.342 e. The Morgan fingerprint density at radius 1 is 1.33 bits per heavy atom. The van der Waals surface area contributed by atoms with Crippen LogP contribution >= 0.6 is 0 Å². The molecule has 1 saturated heterocycles. The number of carbonyl (C=O) groups is 1. The van der Waals surface area contributed by atoms with Gasteiger partial charge in [-0.05, 0) is 33.0 Å². The van der Waals surface area contributed by atoms with Crippen LogP contribution in [-0.4, -0.2) is 53.1 Å². The number of nitro benzene ring substituents is 1. The third-order valence-corrected chi connectivity index (χ3v) is 4.13. The van der Waals surface area contributed by atoms with Crippen LogP contribution in [0.15, 0.2) is 18.2 Å². The van der Waals surface area contributed by atoms with Crippen molar-refractivity contribution in [3.63, 3.8) is 0 Å². The van der Waals surface area contributed by atoms with Crippen LogP contribution in [0.1, 0.15) is 24.2 Å². The van der Waals surface area contributed by atoms with Gasteiger partial charge in [-0.1, -0.05) is 6.07 Å². The highest BCUT2D eigenvalue weighted by Gasteiger charge is 2.32. The third kappa shape index (κ3) is 2.82. The summed E-state index contributed by atoms with van der Waals surface area (Å²) in [6, 6.07) is 4.92. The predicted octanol–water partition coefficient (Wildman–Crippen LogP) is 1.82. The van der Waals surface area contributed by atoms with E-state index in [0.717, 1.165) is 0 Å². The second-order valence-electron chi connectivity index (χ2n) is 5.50. The van der Waals surface area contributed by atoms with Gasteiger partial charge in [-0.15, -0.1) is 0 Å². The highest BCUT2D eigenvalue weighted by molar-refractivity contribution is 5.95. The lowest BCUT2D eigenvalue weighted by Gasteiger charge is -2.43. The molecule has 1 aliphatic rings. The van der Waals surface area contributed by atoms with Crippen molar-refractivity contribution < 1.29 is 14.8 Å². The number of anilines is 1. The molecule has 0 amide bonds. The van der Waals surface area contributed by atoms with Crippen molar-refractivity contribution in [2.45, 2.75) is 25.9 Å². The summed E-state index contributed by atoms with van der Waals surface area (Å²) in [6.45, 7) is 5.36. The summed E-state index contributed by atoms with van der Waals surface area (Å²) in [6.07, 6.45) is 0. The van der Waals surface area contributed by atoms with E-state index < -0.39 is 10.9 Å². The van der Waals surface area contributed by atoms with Crippen LogP contribution in [0, 0.1) is 10.1 Å². The van der Waals surface area contributed by atoms with E-state index >= 15 is 0 Å². The fourth-order valence-corrected chi connectivity index (χ4v) is 2.75. The maximum absolute atomic E-state index is 11.3. The van der Waals surface area contributed by atoms with Gasteiger partial charge in [-0.25, -0.2) is 4.79 Å². The highest BCUT2D eigenvalue weighted by Crippen LogP contribution is 2.33. The minimum absolute atomic E-state index is 0.238. The van der Waals surface area contributed by atoms with Crippen molar-refractivity contribution in [1.29, 1.82) is 0 Å². The van der Waals surface area contributed by atoms with E-state index in [-0.39, 0.29) is 23.3 Å². The van der Waals surface area contributed by atoms with Gasteiger partial charge in [0.1, 0.15) is 11.3 Å². The van der Waals surface area contributed by atoms with Crippen molar-refractivity contribution >= 4 is 17.3 Å². The molecule has 0 bridgehead atoms. The Hall–Kier alpha value is -2.15. The van der Waals surface area contributed by atoms with E-state index in [2.05, 4.69) is 18.7 Å². The summed E-state index contributed by atoms with van der Waals surface area (Å²) in [5, 5.41) is 20.5. The van der Waals surface area contributed by atoms with Gasteiger partial charge in [0, 0.05) is 25.2 Å². The largest absolute Gasteiger partial charge is 0.477 e. The van der Waals surface area contributed by atoms with Gasteiger partial charge in [0.2, 0.25) is 0 Å². The number of likely N-dealkylation sites (N-methyl/N-ethyl adjacent to an activating group) is 1. The average Bonchev–Trinajstić information content (AvgIpc) is 2.43. The fourth-order valence-electron chi connectivity index (χ4n) is 2.75. The number of nitro groups is 1. The second kappa shape index (κ2) is 5.69. The Balaban J connectivity index is 2.47. The molecule has 1 N–H and O–H groups in total. The molecule has 21 heavy (non-hydrogen) atoms. The molecule has 0 aromatic heterocycles. The molecule has 1 aliphatic heterocycles. The van der Waals surface area contributed by atoms with E-state index in [1.54, 1.807) is 12.1 Å². The number of carboxylic acid groups (broad SMARTS) is 1. The first kappa shape index (κ1) is 15.2. The summed E-state index contributed by atoms with van der Waals surface area (Å²) in [5.41, 5.74) is -0.211. The van der Waals surface area contributed by atoms with Gasteiger partial charge in [0.25, 0.3) is 0 Å². The Morgan fingerprint density at radius 3 is 2.38 bits per heavy atom. The summed E-state index contributed by atoms with van der Waals surface area (Å²) >= 11 is 0. The van der Waals surface area contributed by atoms with Crippen LogP contribution in [0.25, 0.3) is 0 Å². The molecule has 1 heterocycles. The monoisotopic (exact) mass is 293 g/mol. The molecule has 0 aliphatic carbocycles. The lowest BCUT2D eigenvalue weighted by Crippen LogP contribution is -2.55. The van der Waals surface area contributed by atoms with Crippen LogP contribution in [0.4, 0.5) is 11.4 Å². The number of piperazine rings is 1. The molecule has 1 aromatic carbocycles. The summed E-state index contributed by atoms with van der Waals surface area (Å²) in [5.74, 6) is -1.28. The number of nitrogens with zero attached hydrogens (tertiary/aromatic N) is 3. The minimum atomic E-state index is -1.28. The molecule has 7 heteroatoms. The lowest BCUT2D eigenvalue weighted by molar-refractivity contribution is -0.384. The Bertz CT molecular complexity index is 563. The second-order valence-corrected chi connectivity index (χ2v) is 5.50. The minimum Gasteiger partial charge on any atom is -0.477 e. The van der Waals surface area contributed by atoms with Gasteiger partial charge < -0.3 is 10.0 Å². The van der Waals surface area contributed by atoms with E-state index in [9.17, 15) is 14.9 Å². The molecule has 2 atom stereocenters. The van der Waals surface area contributed by atoms with E-state index in [0.29, 0.717) is 18.8 Å². The number of aromatic carboxylic acids is 1. The van der Waals surface area contributed by atoms with Crippen molar-refractivity contribution in [1.82, 2.24) is 4.90 Å². The molecular formula is C14H19N3O4. The fraction of sp³-hybridized carbons (Fsp3) is 0.500. The standard InChI is InChI=1S/C14H19N3O4/c1-9-7-16(8-10(2)15(9)3)12-6-4-5-11(14(18)19)13(12)17(20)21/h4-6,9-10H,7-8H2,1-3H3,(H,18,19). The van der Waals surface area contributed by atoms with Gasteiger partial charge >= 0.3 is 11.7 Å². The number of carboxylic acids is 1. The van der Waals surface area contributed by atoms with Crippen LogP contribution in [-0.2, 0) is 0 Å². The first-order valence-corrected chi connectivity index (χ1v) is 6.80.